The number of fused-ring (bicyclic) bond motifs is 2. The molecule has 2 aromatic carbocycles. The van der Waals surface area contributed by atoms with Crippen LogP contribution in [0.5, 0.6) is 17.2 Å². The first-order valence-electron chi connectivity index (χ1n) is 12.4. The molecule has 0 aliphatic carbocycles. The Morgan fingerprint density at radius 1 is 1.14 bits per heavy atom. The first-order chi connectivity index (χ1) is 17.6. The largest absolute Gasteiger partial charge is 0.492 e. The first kappa shape index (κ1) is 22.8. The van der Waals surface area contributed by atoms with Gasteiger partial charge < -0.3 is 19.1 Å². The highest BCUT2D eigenvalue weighted by atomic mass is 16.7. The van der Waals surface area contributed by atoms with Gasteiger partial charge in [0, 0.05) is 25.2 Å². The van der Waals surface area contributed by atoms with E-state index in [4.69, 9.17) is 14.2 Å². The van der Waals surface area contributed by atoms with Gasteiger partial charge in [-0.15, -0.1) is 5.10 Å². The smallest absolute Gasteiger partial charge is 0.256 e. The Balaban J connectivity index is 1.44. The molecule has 0 N–H and O–H groups in total. The number of carbonyl (C=O) groups is 1. The van der Waals surface area contributed by atoms with E-state index in [1.165, 1.54) is 0 Å². The molecule has 1 atom stereocenters. The Hall–Kier alpha value is -3.66. The zero-order chi connectivity index (χ0) is 24.8. The van der Waals surface area contributed by atoms with Gasteiger partial charge in [0.1, 0.15) is 6.04 Å². The van der Waals surface area contributed by atoms with Gasteiger partial charge in [0.2, 0.25) is 12.5 Å². The Morgan fingerprint density at radius 2 is 1.94 bits per heavy atom. The van der Waals surface area contributed by atoms with E-state index in [-0.39, 0.29) is 18.7 Å². The monoisotopic (exact) mass is 490 g/mol. The third-order valence-electron chi connectivity index (χ3n) is 7.57. The second-order valence-corrected chi connectivity index (χ2v) is 9.79. The van der Waals surface area contributed by atoms with E-state index < -0.39 is 0 Å². The number of hydrogen-bond donors (Lipinski definition) is 0. The maximum atomic E-state index is 13.6. The molecular formula is C26H30N6O4. The van der Waals surface area contributed by atoms with Crippen LogP contribution in [0.4, 0.5) is 0 Å². The number of piperidine rings is 1. The van der Waals surface area contributed by atoms with Crippen molar-refractivity contribution in [3.05, 3.63) is 52.8 Å². The van der Waals surface area contributed by atoms with Crippen LogP contribution in [0.3, 0.4) is 0 Å². The molecule has 36 heavy (non-hydrogen) atoms. The average molecular weight is 491 g/mol. The highest BCUT2D eigenvalue weighted by molar-refractivity contribution is 5.97. The van der Waals surface area contributed by atoms with Crippen molar-refractivity contribution in [2.75, 3.05) is 40.6 Å². The molecule has 1 amide bonds. The molecule has 3 aliphatic rings. The fourth-order valence-corrected chi connectivity index (χ4v) is 5.52. The average Bonchev–Trinajstić information content (AvgIpc) is 3.57. The number of rotatable bonds is 4. The van der Waals surface area contributed by atoms with Crippen molar-refractivity contribution in [2.45, 2.75) is 32.2 Å². The van der Waals surface area contributed by atoms with Gasteiger partial charge in [0.15, 0.2) is 17.3 Å². The molecule has 0 radical (unpaired) electrons. The molecule has 4 heterocycles. The third-order valence-corrected chi connectivity index (χ3v) is 7.57. The van der Waals surface area contributed by atoms with Crippen LogP contribution in [-0.2, 0) is 6.42 Å². The molecule has 10 nitrogen and oxygen atoms in total. The summed E-state index contributed by atoms with van der Waals surface area (Å²) in [5.74, 6) is 3.20. The van der Waals surface area contributed by atoms with Crippen LogP contribution in [0.15, 0.2) is 30.3 Å². The minimum absolute atomic E-state index is 0.0114. The lowest BCUT2D eigenvalue weighted by Gasteiger charge is -2.35. The molecule has 1 fully saturated rings. The fraction of sp³-hybridized carbons (Fsp3) is 0.462. The van der Waals surface area contributed by atoms with Crippen molar-refractivity contribution in [1.82, 2.24) is 30.0 Å². The van der Waals surface area contributed by atoms with Gasteiger partial charge in [-0.1, -0.05) is 19.1 Å². The van der Waals surface area contributed by atoms with E-state index in [1.54, 1.807) is 11.8 Å². The van der Waals surface area contributed by atoms with Crippen molar-refractivity contribution in [3.63, 3.8) is 0 Å². The predicted molar refractivity (Wildman–Crippen MR) is 131 cm³/mol. The summed E-state index contributed by atoms with van der Waals surface area (Å²) in [6.07, 6.45) is 2.87. The number of hydrogen-bond acceptors (Lipinski definition) is 8. The van der Waals surface area contributed by atoms with Crippen molar-refractivity contribution >= 4 is 5.91 Å². The van der Waals surface area contributed by atoms with Crippen LogP contribution < -0.4 is 14.2 Å². The second kappa shape index (κ2) is 9.09. The predicted octanol–water partition coefficient (Wildman–Crippen LogP) is 2.85. The molecule has 1 aromatic heterocycles. The van der Waals surface area contributed by atoms with Crippen molar-refractivity contribution < 1.29 is 19.0 Å². The van der Waals surface area contributed by atoms with Gasteiger partial charge >= 0.3 is 0 Å². The number of methoxy groups -OCH3 is 1. The number of carbonyl (C=O) groups excluding carboxylic acids is 1. The summed E-state index contributed by atoms with van der Waals surface area (Å²) >= 11 is 0. The van der Waals surface area contributed by atoms with Crippen LogP contribution >= 0.6 is 0 Å². The SMILES string of the molecule is COc1c2c(cc3c1[C@@H](c1nnnn1-c1ccccc1C(=O)N1CCC(C)CC1)N(C)CC3)OCO2. The molecule has 3 aliphatic heterocycles. The summed E-state index contributed by atoms with van der Waals surface area (Å²) in [6.45, 7) is 4.74. The summed E-state index contributed by atoms with van der Waals surface area (Å²) < 4.78 is 19.0. The molecule has 3 aromatic rings. The molecule has 0 unspecified atom stereocenters. The molecule has 10 heteroatoms. The normalized spacial score (nSPS) is 19.9. The lowest BCUT2D eigenvalue weighted by molar-refractivity contribution is 0.0697. The lowest BCUT2D eigenvalue weighted by Crippen LogP contribution is -2.38. The number of aromatic nitrogens is 4. The van der Waals surface area contributed by atoms with E-state index in [9.17, 15) is 4.79 Å². The van der Waals surface area contributed by atoms with Crippen LogP contribution in [-0.4, -0.2) is 76.5 Å². The van der Waals surface area contributed by atoms with E-state index in [2.05, 4.69) is 27.3 Å². The summed E-state index contributed by atoms with van der Waals surface area (Å²) in [7, 11) is 3.68. The topological polar surface area (TPSA) is 94.8 Å². The zero-order valence-electron chi connectivity index (χ0n) is 20.8. The van der Waals surface area contributed by atoms with Gasteiger partial charge in [-0.25, -0.2) is 0 Å². The Morgan fingerprint density at radius 3 is 2.75 bits per heavy atom. The quantitative estimate of drug-likeness (QED) is 0.551. The van der Waals surface area contributed by atoms with Crippen molar-refractivity contribution in [2.24, 2.45) is 5.92 Å². The van der Waals surface area contributed by atoms with Gasteiger partial charge in [-0.05, 0) is 66.4 Å². The van der Waals surface area contributed by atoms with Crippen molar-refractivity contribution in [1.29, 1.82) is 0 Å². The second-order valence-electron chi connectivity index (χ2n) is 9.79. The Kier molecular flexibility index (Phi) is 5.75. The summed E-state index contributed by atoms with van der Waals surface area (Å²) in [4.78, 5) is 17.7. The van der Waals surface area contributed by atoms with Crippen LogP contribution in [0.25, 0.3) is 5.69 Å². The van der Waals surface area contributed by atoms with Gasteiger partial charge in [-0.2, -0.15) is 4.68 Å². The molecule has 0 bridgehead atoms. The van der Waals surface area contributed by atoms with Gasteiger partial charge in [0.25, 0.3) is 5.91 Å². The van der Waals surface area contributed by atoms with Gasteiger partial charge in [0.05, 0.1) is 18.4 Å². The fourth-order valence-electron chi connectivity index (χ4n) is 5.52. The minimum Gasteiger partial charge on any atom is -0.492 e. The van der Waals surface area contributed by atoms with E-state index in [0.717, 1.165) is 50.0 Å². The number of tetrazole rings is 1. The Bertz CT molecular complexity index is 1300. The molecule has 0 spiro atoms. The Labute approximate surface area is 209 Å². The van der Waals surface area contributed by atoms with E-state index in [0.29, 0.717) is 40.2 Å². The van der Waals surface area contributed by atoms with Crippen LogP contribution in [0, 0.1) is 5.92 Å². The molecule has 1 saturated heterocycles. The zero-order valence-corrected chi connectivity index (χ0v) is 20.8. The maximum Gasteiger partial charge on any atom is 0.256 e. The highest BCUT2D eigenvalue weighted by Crippen LogP contribution is 2.50. The van der Waals surface area contributed by atoms with Crippen molar-refractivity contribution in [3.8, 4) is 22.9 Å². The van der Waals surface area contributed by atoms with Gasteiger partial charge in [-0.3, -0.25) is 9.69 Å². The molecule has 0 saturated carbocycles. The van der Waals surface area contributed by atoms with Crippen LogP contribution in [0.2, 0.25) is 0 Å². The third kappa shape index (κ3) is 3.67. The molecular weight excluding hydrogens is 460 g/mol. The summed E-state index contributed by atoms with van der Waals surface area (Å²) in [6, 6.07) is 9.29. The standard InChI is InChI=1S/C26H30N6O4/c1-16-8-12-31(13-9-16)26(33)18-6-4-5-7-19(18)32-25(27-28-29-32)22-21-17(10-11-30(22)2)14-20-23(24(21)34-3)36-15-35-20/h4-7,14,16,22H,8-13,15H2,1-3H3/t22-/m0/s1. The van der Waals surface area contributed by atoms with E-state index >= 15 is 0 Å². The number of likely N-dealkylation sites (N-methyl/N-ethyl adjacent to an activating group) is 1. The number of para-hydroxylation sites is 1. The summed E-state index contributed by atoms with van der Waals surface area (Å²) in [5, 5.41) is 12.9. The number of benzene rings is 2. The number of likely N-dealkylation sites (tertiary alicyclic amines) is 1. The van der Waals surface area contributed by atoms with Crippen LogP contribution in [0.1, 0.15) is 53.1 Å². The first-order valence-corrected chi connectivity index (χ1v) is 12.4. The molecule has 6 rings (SSSR count). The summed E-state index contributed by atoms with van der Waals surface area (Å²) in [5.41, 5.74) is 3.33. The minimum atomic E-state index is -0.299. The maximum absolute atomic E-state index is 13.6. The number of ether oxygens (including phenoxy) is 3. The lowest BCUT2D eigenvalue weighted by atomic mass is 9.90. The number of amides is 1. The number of nitrogens with zero attached hydrogens (tertiary/aromatic N) is 6. The highest BCUT2D eigenvalue weighted by Gasteiger charge is 2.38. The molecule has 188 valence electrons. The van der Waals surface area contributed by atoms with E-state index in [1.807, 2.05) is 42.3 Å².